The van der Waals surface area contributed by atoms with Crippen molar-refractivity contribution < 1.29 is 14.4 Å². The Morgan fingerprint density at radius 1 is 0.920 bits per heavy atom. The summed E-state index contributed by atoms with van der Waals surface area (Å²) in [6, 6.07) is 3.46. The van der Waals surface area contributed by atoms with E-state index in [9.17, 15) is 14.4 Å². The molecule has 1 aromatic rings. The zero-order valence-corrected chi connectivity index (χ0v) is 13.7. The van der Waals surface area contributed by atoms with Gasteiger partial charge in [0.05, 0.1) is 17.0 Å². The number of ketones is 2. The highest BCUT2D eigenvalue weighted by Crippen LogP contribution is 2.39. The average Bonchev–Trinajstić information content (AvgIpc) is 2.62. The number of fused-ring (bicyclic) bond motifs is 2. The van der Waals surface area contributed by atoms with Crippen LogP contribution in [0.4, 0.5) is 11.4 Å². The number of rotatable bonds is 6. The minimum Gasteiger partial charge on any atom is -0.383 e. The Kier molecular flexibility index (Phi) is 4.82. The van der Waals surface area contributed by atoms with Crippen molar-refractivity contribution in [2.45, 2.75) is 0 Å². The maximum atomic E-state index is 13.0. The summed E-state index contributed by atoms with van der Waals surface area (Å²) in [5.41, 5.74) is 12.7. The van der Waals surface area contributed by atoms with Crippen LogP contribution in [0.25, 0.3) is 0 Å². The lowest BCUT2D eigenvalue weighted by atomic mass is 9.71. The van der Waals surface area contributed by atoms with Gasteiger partial charge in [0.1, 0.15) is 5.92 Å². The third-order valence-corrected chi connectivity index (χ3v) is 4.37. The quantitative estimate of drug-likeness (QED) is 0.446. The van der Waals surface area contributed by atoms with E-state index in [0.29, 0.717) is 43.1 Å². The largest absolute Gasteiger partial charge is 0.383 e. The highest BCUT2D eigenvalue weighted by Gasteiger charge is 2.47. The third kappa shape index (κ3) is 2.90. The summed E-state index contributed by atoms with van der Waals surface area (Å²) in [5, 5.41) is 8.66. The van der Waals surface area contributed by atoms with Crippen molar-refractivity contribution in [1.29, 1.82) is 0 Å². The van der Waals surface area contributed by atoms with Crippen molar-refractivity contribution in [3.05, 3.63) is 35.5 Å². The topological polar surface area (TPSA) is 139 Å². The van der Waals surface area contributed by atoms with Crippen LogP contribution in [0, 0.1) is 11.8 Å². The lowest BCUT2D eigenvalue weighted by Gasteiger charge is -2.32. The van der Waals surface area contributed by atoms with Gasteiger partial charge in [-0.25, -0.2) is 0 Å². The van der Waals surface area contributed by atoms with Crippen LogP contribution < -0.4 is 27.4 Å². The molecule has 0 radical (unpaired) electrons. The second-order valence-electron chi connectivity index (χ2n) is 5.94. The molecule has 1 aliphatic carbocycles. The van der Waals surface area contributed by atoms with E-state index in [1.807, 2.05) is 0 Å². The van der Waals surface area contributed by atoms with Gasteiger partial charge in [-0.05, 0) is 12.1 Å². The first-order valence-electron chi connectivity index (χ1n) is 8.20. The third-order valence-electron chi connectivity index (χ3n) is 4.37. The van der Waals surface area contributed by atoms with Gasteiger partial charge in [0, 0.05) is 43.8 Å². The standard InChI is InChI=1S/C17H21N5O3/c18-4-7-20-10-1-2-11(21-8-5-19)14-13(10)15(23)9-3-6-22-17(25)12(9)16(14)24/h1-3,6,9,12,20-21H,4-5,7-8,18-19H2,(H,22,25). The first kappa shape index (κ1) is 17.1. The number of nitrogens with one attached hydrogen (secondary N) is 3. The van der Waals surface area contributed by atoms with Gasteiger partial charge in [0.2, 0.25) is 5.91 Å². The van der Waals surface area contributed by atoms with Crippen LogP contribution in [-0.2, 0) is 4.79 Å². The van der Waals surface area contributed by atoms with Gasteiger partial charge in [-0.3, -0.25) is 14.4 Å². The van der Waals surface area contributed by atoms with Crippen molar-refractivity contribution in [2.75, 3.05) is 36.8 Å². The van der Waals surface area contributed by atoms with Gasteiger partial charge in [0.15, 0.2) is 11.6 Å². The Morgan fingerprint density at radius 3 is 2.04 bits per heavy atom. The highest BCUT2D eigenvalue weighted by atomic mass is 16.2. The van der Waals surface area contributed by atoms with E-state index >= 15 is 0 Å². The van der Waals surface area contributed by atoms with E-state index in [1.165, 1.54) is 6.20 Å². The van der Waals surface area contributed by atoms with E-state index < -0.39 is 17.7 Å². The van der Waals surface area contributed by atoms with Crippen LogP contribution in [0.15, 0.2) is 24.4 Å². The lowest BCUT2D eigenvalue weighted by Crippen LogP contribution is -2.47. The number of amides is 1. The molecule has 1 aliphatic heterocycles. The Morgan fingerprint density at radius 2 is 1.48 bits per heavy atom. The van der Waals surface area contributed by atoms with Crippen LogP contribution in [0.3, 0.4) is 0 Å². The minimum atomic E-state index is -1.03. The van der Waals surface area contributed by atoms with Crippen LogP contribution >= 0.6 is 0 Å². The van der Waals surface area contributed by atoms with E-state index in [4.69, 9.17) is 11.5 Å². The van der Waals surface area contributed by atoms with Crippen LogP contribution in [0.2, 0.25) is 0 Å². The number of hydrogen-bond donors (Lipinski definition) is 5. The molecule has 8 nitrogen and oxygen atoms in total. The monoisotopic (exact) mass is 343 g/mol. The SMILES string of the molecule is NCCNc1ccc(NCCN)c2c1C(=O)C1C=CNC(=O)C1C2=O. The molecule has 0 saturated heterocycles. The molecule has 3 rings (SSSR count). The molecule has 0 aromatic heterocycles. The van der Waals surface area contributed by atoms with Crippen molar-refractivity contribution in [1.82, 2.24) is 5.32 Å². The van der Waals surface area contributed by atoms with E-state index in [1.54, 1.807) is 18.2 Å². The Hall–Kier alpha value is -2.71. The number of nitrogens with two attached hydrogens (primary N) is 2. The van der Waals surface area contributed by atoms with Crippen molar-refractivity contribution in [3.8, 4) is 0 Å². The second kappa shape index (κ2) is 7.04. The van der Waals surface area contributed by atoms with E-state index in [0.717, 1.165) is 0 Å². The fourth-order valence-electron chi connectivity index (χ4n) is 3.26. The molecule has 0 fully saturated rings. The molecule has 0 saturated carbocycles. The number of Topliss-reactive ketones (excluding diaryl/α,β-unsaturated/α-hetero) is 2. The molecule has 0 bridgehead atoms. The molecule has 0 spiro atoms. The minimum absolute atomic E-state index is 0.243. The van der Waals surface area contributed by atoms with Crippen LogP contribution in [0.5, 0.6) is 0 Å². The van der Waals surface area contributed by atoms with Gasteiger partial charge < -0.3 is 27.4 Å². The predicted octanol–water partition coefficient (Wildman–Crippen LogP) is -0.317. The molecule has 2 atom stereocenters. The number of anilines is 2. The number of allylic oxidation sites excluding steroid dienone is 1. The lowest BCUT2D eigenvalue weighted by molar-refractivity contribution is -0.123. The van der Waals surface area contributed by atoms with Gasteiger partial charge >= 0.3 is 0 Å². The molecule has 7 N–H and O–H groups in total. The van der Waals surface area contributed by atoms with Crippen LogP contribution in [0.1, 0.15) is 20.7 Å². The van der Waals surface area contributed by atoms with Crippen molar-refractivity contribution in [3.63, 3.8) is 0 Å². The maximum absolute atomic E-state index is 13.0. The second-order valence-corrected chi connectivity index (χ2v) is 5.94. The summed E-state index contributed by atoms with van der Waals surface area (Å²) >= 11 is 0. The molecule has 2 unspecified atom stereocenters. The smallest absolute Gasteiger partial charge is 0.235 e. The first-order chi connectivity index (χ1) is 12.1. The van der Waals surface area contributed by atoms with Gasteiger partial charge in [-0.2, -0.15) is 0 Å². The zero-order chi connectivity index (χ0) is 18.0. The van der Waals surface area contributed by atoms with E-state index in [-0.39, 0.29) is 17.1 Å². The van der Waals surface area contributed by atoms with Gasteiger partial charge in [0.25, 0.3) is 0 Å². The number of carbonyl (C=O) groups excluding carboxylic acids is 3. The fraction of sp³-hybridized carbons (Fsp3) is 0.353. The molecule has 1 heterocycles. The summed E-state index contributed by atoms with van der Waals surface area (Å²) in [6.45, 7) is 1.68. The summed E-state index contributed by atoms with van der Waals surface area (Å²) in [6.07, 6.45) is 2.99. The van der Waals surface area contributed by atoms with Crippen molar-refractivity contribution >= 4 is 28.8 Å². The normalized spacial score (nSPS) is 21.4. The Balaban J connectivity index is 2.15. The summed E-state index contributed by atoms with van der Waals surface area (Å²) in [5.74, 6) is -2.88. The zero-order valence-electron chi connectivity index (χ0n) is 13.7. The Labute approximate surface area is 145 Å². The van der Waals surface area contributed by atoms with Gasteiger partial charge in [-0.15, -0.1) is 0 Å². The molecule has 1 aromatic carbocycles. The summed E-state index contributed by atoms with van der Waals surface area (Å²) < 4.78 is 0. The highest BCUT2D eigenvalue weighted by molar-refractivity contribution is 6.27. The molecular formula is C17H21N5O3. The summed E-state index contributed by atoms with van der Waals surface area (Å²) in [4.78, 5) is 38.3. The Bertz CT molecular complexity index is 759. The molecule has 1 amide bonds. The molecule has 25 heavy (non-hydrogen) atoms. The first-order valence-corrected chi connectivity index (χ1v) is 8.20. The van der Waals surface area contributed by atoms with Crippen molar-refractivity contribution in [2.24, 2.45) is 23.3 Å². The van der Waals surface area contributed by atoms with Crippen LogP contribution in [-0.4, -0.2) is 43.7 Å². The average molecular weight is 343 g/mol. The molecule has 132 valence electrons. The van der Waals surface area contributed by atoms with Gasteiger partial charge in [-0.1, -0.05) is 6.08 Å². The predicted molar refractivity (Wildman–Crippen MR) is 94.5 cm³/mol. The van der Waals surface area contributed by atoms with E-state index in [2.05, 4.69) is 16.0 Å². The number of carbonyl (C=O) groups is 3. The number of hydrogen-bond acceptors (Lipinski definition) is 7. The molecular weight excluding hydrogens is 322 g/mol. The number of benzene rings is 1. The molecule has 8 heteroatoms. The maximum Gasteiger partial charge on any atom is 0.235 e. The molecule has 2 aliphatic rings. The fourth-order valence-corrected chi connectivity index (χ4v) is 3.26. The summed E-state index contributed by atoms with van der Waals surface area (Å²) in [7, 11) is 0.